The number of Topliss-reactive ketones (excluding diaryl/α,β-unsaturated/α-hetero) is 1. The van der Waals surface area contributed by atoms with E-state index < -0.39 is 29.7 Å². The van der Waals surface area contributed by atoms with Crippen molar-refractivity contribution in [1.82, 2.24) is 19.6 Å². The van der Waals surface area contributed by atoms with Gasteiger partial charge in [0.05, 0.1) is 12.6 Å². The van der Waals surface area contributed by atoms with E-state index in [-0.39, 0.29) is 30.1 Å². The number of unbranched alkanes of at least 4 members (excludes halogenated alkanes) is 2. The topological polar surface area (TPSA) is 113 Å². The van der Waals surface area contributed by atoms with E-state index in [4.69, 9.17) is 4.74 Å². The van der Waals surface area contributed by atoms with Crippen LogP contribution in [0, 0.1) is 29.1 Å². The number of nitrogens with zero attached hydrogens (tertiary/aromatic N) is 3. The number of amides is 2. The Bertz CT molecular complexity index is 1300. The zero-order chi connectivity index (χ0) is 32.2. The van der Waals surface area contributed by atoms with Gasteiger partial charge in [-0.25, -0.2) is 9.78 Å². The number of carbonyl (C=O) groups excluding carboxylic acids is 2. The minimum atomic E-state index is -1.26. The zero-order valence-electron chi connectivity index (χ0n) is 27.8. The van der Waals surface area contributed by atoms with Crippen molar-refractivity contribution in [1.29, 1.82) is 0 Å². The Morgan fingerprint density at radius 1 is 1.16 bits per heavy atom. The van der Waals surface area contributed by atoms with Gasteiger partial charge in [0.2, 0.25) is 5.91 Å². The van der Waals surface area contributed by atoms with Crippen molar-refractivity contribution in [2.24, 2.45) is 29.1 Å². The summed E-state index contributed by atoms with van der Waals surface area (Å²) in [6.45, 7) is 13.8. The molecule has 2 N–H and O–H groups in total. The number of hydrogen-bond acceptors (Lipinski definition) is 5. The molecule has 6 atom stereocenters. The number of ether oxygens (including phenoxy) is 1. The number of fused-ring (bicyclic) bond motifs is 1. The molecule has 2 aromatic heterocycles. The van der Waals surface area contributed by atoms with Crippen LogP contribution < -0.4 is 10.1 Å². The van der Waals surface area contributed by atoms with Gasteiger partial charge in [0.15, 0.2) is 5.78 Å². The predicted octanol–water partition coefficient (Wildman–Crippen LogP) is 6.77. The molecule has 2 fully saturated rings. The largest absolute Gasteiger partial charge is 0.488 e. The number of ketones is 1. The maximum atomic E-state index is 14.0. The summed E-state index contributed by atoms with van der Waals surface area (Å²) >= 11 is 0. The van der Waals surface area contributed by atoms with Gasteiger partial charge in [-0.2, -0.15) is 0 Å². The molecule has 3 heterocycles. The van der Waals surface area contributed by atoms with E-state index in [1.165, 1.54) is 38.5 Å². The van der Waals surface area contributed by atoms with Crippen molar-refractivity contribution in [3.05, 3.63) is 30.2 Å². The zero-order valence-corrected chi connectivity index (χ0v) is 27.8. The van der Waals surface area contributed by atoms with Crippen LogP contribution in [0.3, 0.4) is 0 Å². The van der Waals surface area contributed by atoms with E-state index in [0.29, 0.717) is 6.42 Å². The fourth-order valence-electron chi connectivity index (χ4n) is 7.36. The number of imidazole rings is 1. The summed E-state index contributed by atoms with van der Waals surface area (Å²) in [6, 6.07) is 0.285. The van der Waals surface area contributed by atoms with Gasteiger partial charge in [-0.3, -0.25) is 9.59 Å². The van der Waals surface area contributed by atoms with Gasteiger partial charge >= 0.3 is 6.09 Å². The Kier molecular flexibility index (Phi) is 11.0. The Labute approximate surface area is 263 Å². The highest BCUT2D eigenvalue weighted by molar-refractivity contribution is 5.94. The molecule has 1 saturated carbocycles. The third kappa shape index (κ3) is 7.75. The van der Waals surface area contributed by atoms with Crippen molar-refractivity contribution in [3.8, 4) is 5.75 Å². The van der Waals surface area contributed by atoms with Crippen molar-refractivity contribution in [3.63, 3.8) is 0 Å². The Morgan fingerprint density at radius 3 is 2.52 bits per heavy atom. The maximum absolute atomic E-state index is 14.0. The van der Waals surface area contributed by atoms with Crippen LogP contribution in [-0.2, 0) is 16.0 Å². The summed E-state index contributed by atoms with van der Waals surface area (Å²) in [6.07, 6.45) is 14.6. The first-order chi connectivity index (χ1) is 20.8. The van der Waals surface area contributed by atoms with Crippen molar-refractivity contribution in [2.75, 3.05) is 6.54 Å². The smallest absolute Gasteiger partial charge is 0.405 e. The standard InChI is InChI=1S/C35H54N4O5/c1-8-26-28(21-39(30(26)31(40)22(2)3)33(41)32(35(5,6)7)37-34(42)43)44-27-19-29-36-17-18-38(29)20-25(27)15-11-9-10-14-24-16-12-13-23(24)4/h17-20,22-24,26,28,30,32,37H,8-16,21H2,1-7H3,(H,42,43). The molecular weight excluding hydrogens is 556 g/mol. The molecule has 9 heteroatoms. The highest BCUT2D eigenvalue weighted by Gasteiger charge is 2.51. The van der Waals surface area contributed by atoms with E-state index in [1.54, 1.807) is 11.1 Å². The summed E-state index contributed by atoms with van der Waals surface area (Å²) < 4.78 is 8.81. The number of carbonyl (C=O) groups is 3. The molecule has 0 spiro atoms. The van der Waals surface area contributed by atoms with Gasteiger partial charge in [-0.1, -0.05) is 87.0 Å². The van der Waals surface area contributed by atoms with Crippen LogP contribution in [0.25, 0.3) is 5.65 Å². The molecule has 44 heavy (non-hydrogen) atoms. The molecule has 1 aliphatic carbocycles. The molecule has 1 saturated heterocycles. The van der Waals surface area contributed by atoms with Crippen LogP contribution in [-0.4, -0.2) is 61.9 Å². The van der Waals surface area contributed by atoms with Gasteiger partial charge in [0.25, 0.3) is 0 Å². The lowest BCUT2D eigenvalue weighted by atomic mass is 9.84. The van der Waals surface area contributed by atoms with E-state index >= 15 is 0 Å². The molecule has 244 valence electrons. The highest BCUT2D eigenvalue weighted by atomic mass is 16.5. The third-order valence-electron chi connectivity index (χ3n) is 10.0. The fourth-order valence-corrected chi connectivity index (χ4v) is 7.36. The predicted molar refractivity (Wildman–Crippen MR) is 172 cm³/mol. The minimum absolute atomic E-state index is 0.0280. The van der Waals surface area contributed by atoms with Crippen molar-refractivity contribution < 1.29 is 24.2 Å². The van der Waals surface area contributed by atoms with Crippen LogP contribution >= 0.6 is 0 Å². The summed E-state index contributed by atoms with van der Waals surface area (Å²) in [7, 11) is 0. The van der Waals surface area contributed by atoms with E-state index in [0.717, 1.165) is 41.6 Å². The number of carboxylic acid groups (broad SMARTS) is 1. The third-order valence-corrected chi connectivity index (χ3v) is 10.0. The lowest BCUT2D eigenvalue weighted by Crippen LogP contribution is -2.57. The number of pyridine rings is 1. The average Bonchev–Trinajstić information content (AvgIpc) is 3.68. The normalized spacial score (nSPS) is 24.6. The molecule has 2 aromatic rings. The van der Waals surface area contributed by atoms with Crippen LogP contribution in [0.1, 0.15) is 105 Å². The number of rotatable bonds is 13. The van der Waals surface area contributed by atoms with Gasteiger partial charge in [0.1, 0.15) is 23.5 Å². The second-order valence-corrected chi connectivity index (χ2v) is 14.6. The first-order valence-corrected chi connectivity index (χ1v) is 16.8. The summed E-state index contributed by atoms with van der Waals surface area (Å²) in [5.41, 5.74) is 1.19. The minimum Gasteiger partial charge on any atom is -0.488 e. The van der Waals surface area contributed by atoms with Gasteiger partial charge < -0.3 is 24.5 Å². The molecule has 0 aromatic carbocycles. The van der Waals surface area contributed by atoms with Crippen LogP contribution in [0.2, 0.25) is 0 Å². The Hall–Kier alpha value is -3.10. The molecule has 0 radical (unpaired) electrons. The molecule has 9 nitrogen and oxygen atoms in total. The molecule has 4 rings (SSSR count). The molecule has 6 unspecified atom stereocenters. The molecule has 2 amide bonds. The molecular formula is C35H54N4O5. The maximum Gasteiger partial charge on any atom is 0.405 e. The second kappa shape index (κ2) is 14.3. The molecule has 0 bridgehead atoms. The summed E-state index contributed by atoms with van der Waals surface area (Å²) in [4.78, 5) is 45.4. The lowest BCUT2D eigenvalue weighted by Gasteiger charge is -2.35. The number of nitrogens with one attached hydrogen (secondary N) is 1. The van der Waals surface area contributed by atoms with E-state index in [2.05, 4.69) is 23.4 Å². The number of aromatic nitrogens is 2. The van der Waals surface area contributed by atoms with Gasteiger partial charge in [-0.05, 0) is 36.5 Å². The van der Waals surface area contributed by atoms with Crippen molar-refractivity contribution in [2.45, 2.75) is 124 Å². The summed E-state index contributed by atoms with van der Waals surface area (Å²) in [5.74, 6) is 1.55. The monoisotopic (exact) mass is 610 g/mol. The second-order valence-electron chi connectivity index (χ2n) is 14.6. The van der Waals surface area contributed by atoms with Crippen molar-refractivity contribution >= 4 is 23.4 Å². The number of hydrogen-bond donors (Lipinski definition) is 2. The quantitative estimate of drug-likeness (QED) is 0.242. The Morgan fingerprint density at radius 2 is 1.91 bits per heavy atom. The SMILES string of the molecule is CCC1C(Oc2cc3nccn3cc2CCCCCC2CCCC2C)CN(C(=O)C(NC(=O)O)C(C)(C)C)C1C(=O)C(C)C. The molecule has 1 aliphatic heterocycles. The van der Waals surface area contributed by atoms with Crippen LogP contribution in [0.5, 0.6) is 5.75 Å². The number of likely N-dealkylation sites (tertiary alicyclic amines) is 1. The Balaban J connectivity index is 1.56. The molecule has 2 aliphatic rings. The fraction of sp³-hybridized carbons (Fsp3) is 0.714. The average molecular weight is 611 g/mol. The van der Waals surface area contributed by atoms with Crippen LogP contribution in [0.4, 0.5) is 4.79 Å². The highest BCUT2D eigenvalue weighted by Crippen LogP contribution is 2.37. The van der Waals surface area contributed by atoms with Crippen LogP contribution in [0.15, 0.2) is 24.7 Å². The van der Waals surface area contributed by atoms with E-state index in [1.807, 2.05) is 58.2 Å². The van der Waals surface area contributed by atoms with E-state index in [9.17, 15) is 19.5 Å². The summed E-state index contributed by atoms with van der Waals surface area (Å²) in [5, 5.41) is 12.0. The van der Waals surface area contributed by atoms with Gasteiger partial charge in [0, 0.05) is 42.1 Å². The van der Waals surface area contributed by atoms with Gasteiger partial charge in [-0.15, -0.1) is 0 Å². The first kappa shape index (κ1) is 33.8. The number of aryl methyl sites for hydroxylation is 1. The lowest BCUT2D eigenvalue weighted by molar-refractivity contribution is -0.143. The first-order valence-electron chi connectivity index (χ1n) is 16.8.